The average Bonchev–Trinajstić information content (AvgIpc) is 3.18. The number of carbonyl (C=O) groups excluding carboxylic acids is 1. The minimum atomic E-state index is -0.517. The summed E-state index contributed by atoms with van der Waals surface area (Å²) in [5, 5.41) is 14.7. The predicted molar refractivity (Wildman–Crippen MR) is 102 cm³/mol. The van der Waals surface area contributed by atoms with E-state index in [0.29, 0.717) is 26.2 Å². The van der Waals surface area contributed by atoms with Gasteiger partial charge in [0.15, 0.2) is 6.20 Å². The van der Waals surface area contributed by atoms with Gasteiger partial charge in [0, 0.05) is 43.8 Å². The molecule has 1 saturated heterocycles. The minimum Gasteiger partial charge on any atom is -0.365 e. The number of nitrogens with one attached hydrogen (secondary N) is 2. The molecule has 0 spiro atoms. The highest BCUT2D eigenvalue weighted by Crippen LogP contribution is 2.22. The number of aromatic nitrogens is 2. The van der Waals surface area contributed by atoms with Crippen LogP contribution in [0.4, 0.5) is 22.0 Å². The standard InChI is InChI=1S/C18H18N6O3/c25-18(21-15-3-1-2-13-6-7-19-17(13)15)23-10-8-22(9-11-23)14-4-5-16(20-12-14)24(26)27/h1-7,12,19H,8-11H2,(H,21,25). The van der Waals surface area contributed by atoms with E-state index in [-0.39, 0.29) is 11.8 Å². The molecule has 2 aromatic heterocycles. The number of rotatable bonds is 3. The predicted octanol–water partition coefficient (Wildman–Crippen LogP) is 2.83. The van der Waals surface area contributed by atoms with Crippen LogP contribution in [-0.2, 0) is 0 Å². The Bertz CT molecular complexity index is 976. The van der Waals surface area contributed by atoms with Crippen molar-refractivity contribution in [2.45, 2.75) is 0 Å². The van der Waals surface area contributed by atoms with Crippen LogP contribution in [0.25, 0.3) is 10.9 Å². The number of urea groups is 1. The Kier molecular flexibility index (Phi) is 4.33. The number of carbonyl (C=O) groups is 1. The van der Waals surface area contributed by atoms with Crippen molar-refractivity contribution in [3.05, 3.63) is 58.9 Å². The minimum absolute atomic E-state index is 0.140. The maximum atomic E-state index is 12.6. The van der Waals surface area contributed by atoms with Crippen molar-refractivity contribution >= 4 is 34.1 Å². The van der Waals surface area contributed by atoms with Gasteiger partial charge in [0.05, 0.1) is 16.9 Å². The van der Waals surface area contributed by atoms with E-state index in [4.69, 9.17) is 0 Å². The van der Waals surface area contributed by atoms with E-state index >= 15 is 0 Å². The Morgan fingerprint density at radius 1 is 1.15 bits per heavy atom. The fourth-order valence-electron chi connectivity index (χ4n) is 3.22. The highest BCUT2D eigenvalue weighted by molar-refractivity contribution is 5.99. The summed E-state index contributed by atoms with van der Waals surface area (Å²) < 4.78 is 0. The van der Waals surface area contributed by atoms with Crippen LogP contribution in [0.1, 0.15) is 0 Å². The Balaban J connectivity index is 1.38. The molecule has 1 aliphatic rings. The third-order valence-electron chi connectivity index (χ3n) is 4.68. The zero-order chi connectivity index (χ0) is 18.8. The Hall–Kier alpha value is -3.62. The van der Waals surface area contributed by atoms with E-state index in [1.54, 1.807) is 11.0 Å². The fraction of sp³-hybridized carbons (Fsp3) is 0.222. The number of amides is 2. The van der Waals surface area contributed by atoms with E-state index < -0.39 is 4.92 Å². The van der Waals surface area contributed by atoms with Crippen LogP contribution in [0.3, 0.4) is 0 Å². The maximum Gasteiger partial charge on any atom is 0.363 e. The van der Waals surface area contributed by atoms with Crippen LogP contribution < -0.4 is 10.2 Å². The number of aromatic amines is 1. The normalized spacial score (nSPS) is 14.4. The van der Waals surface area contributed by atoms with Crippen molar-refractivity contribution in [2.75, 3.05) is 36.4 Å². The second kappa shape index (κ2) is 6.94. The molecule has 0 radical (unpaired) electrons. The molecule has 1 fully saturated rings. The monoisotopic (exact) mass is 366 g/mol. The molecule has 9 heteroatoms. The second-order valence-electron chi connectivity index (χ2n) is 6.28. The van der Waals surface area contributed by atoms with E-state index in [9.17, 15) is 14.9 Å². The molecule has 3 aromatic rings. The van der Waals surface area contributed by atoms with E-state index in [0.717, 1.165) is 22.3 Å². The number of fused-ring (bicyclic) bond motifs is 1. The van der Waals surface area contributed by atoms with Gasteiger partial charge < -0.3 is 30.2 Å². The van der Waals surface area contributed by atoms with E-state index in [1.807, 2.05) is 30.5 Å². The van der Waals surface area contributed by atoms with Gasteiger partial charge in [-0.25, -0.2) is 4.79 Å². The summed E-state index contributed by atoms with van der Waals surface area (Å²) in [7, 11) is 0. The smallest absolute Gasteiger partial charge is 0.363 e. The van der Waals surface area contributed by atoms with Crippen molar-refractivity contribution < 1.29 is 9.72 Å². The van der Waals surface area contributed by atoms with Gasteiger partial charge >= 0.3 is 11.8 Å². The molecule has 27 heavy (non-hydrogen) atoms. The molecular formula is C18H18N6O3. The van der Waals surface area contributed by atoms with Gasteiger partial charge in [0.2, 0.25) is 0 Å². The van der Waals surface area contributed by atoms with Crippen molar-refractivity contribution in [2.24, 2.45) is 0 Å². The first-order chi connectivity index (χ1) is 13.1. The molecule has 9 nitrogen and oxygen atoms in total. The molecule has 3 heterocycles. The number of hydrogen-bond acceptors (Lipinski definition) is 5. The lowest BCUT2D eigenvalue weighted by Gasteiger charge is -2.35. The van der Waals surface area contributed by atoms with Gasteiger partial charge in [-0.2, -0.15) is 0 Å². The number of nitro groups is 1. The number of hydrogen-bond donors (Lipinski definition) is 2. The zero-order valence-corrected chi connectivity index (χ0v) is 14.5. The third kappa shape index (κ3) is 3.39. The van der Waals surface area contributed by atoms with Gasteiger partial charge in [0.25, 0.3) is 0 Å². The first kappa shape index (κ1) is 16.8. The number of nitrogens with zero attached hydrogens (tertiary/aromatic N) is 4. The van der Waals surface area contributed by atoms with Crippen molar-refractivity contribution in [3.8, 4) is 0 Å². The Morgan fingerprint density at radius 3 is 2.67 bits per heavy atom. The van der Waals surface area contributed by atoms with Crippen LogP contribution in [0.15, 0.2) is 48.8 Å². The molecule has 1 aliphatic heterocycles. The van der Waals surface area contributed by atoms with Gasteiger partial charge in [-0.3, -0.25) is 0 Å². The second-order valence-corrected chi connectivity index (χ2v) is 6.28. The summed E-state index contributed by atoms with van der Waals surface area (Å²) in [6, 6.07) is 10.7. The van der Waals surface area contributed by atoms with Crippen LogP contribution in [-0.4, -0.2) is 52.0 Å². The van der Waals surface area contributed by atoms with Crippen molar-refractivity contribution in [3.63, 3.8) is 0 Å². The molecule has 0 saturated carbocycles. The van der Waals surface area contributed by atoms with Crippen molar-refractivity contribution in [1.82, 2.24) is 14.9 Å². The molecule has 4 rings (SSSR count). The first-order valence-electron chi connectivity index (χ1n) is 8.59. The van der Waals surface area contributed by atoms with Crippen LogP contribution in [0, 0.1) is 10.1 Å². The summed E-state index contributed by atoms with van der Waals surface area (Å²) in [5.74, 6) is -0.171. The molecule has 0 unspecified atom stereocenters. The molecule has 2 amide bonds. The van der Waals surface area contributed by atoms with Crippen LogP contribution >= 0.6 is 0 Å². The molecule has 0 aliphatic carbocycles. The molecule has 0 bridgehead atoms. The number of piperazine rings is 1. The van der Waals surface area contributed by atoms with Gasteiger partial charge in [-0.15, -0.1) is 0 Å². The SMILES string of the molecule is O=C(Nc1cccc2cc[nH]c12)N1CCN(c2ccc([N+](=O)[O-])nc2)CC1. The largest absolute Gasteiger partial charge is 0.365 e. The molecule has 138 valence electrons. The summed E-state index contributed by atoms with van der Waals surface area (Å²) in [6.07, 6.45) is 3.34. The molecule has 0 atom stereocenters. The van der Waals surface area contributed by atoms with Gasteiger partial charge in [-0.05, 0) is 28.1 Å². The average molecular weight is 366 g/mol. The highest BCUT2D eigenvalue weighted by atomic mass is 16.6. The van der Waals surface area contributed by atoms with Crippen molar-refractivity contribution in [1.29, 1.82) is 0 Å². The highest BCUT2D eigenvalue weighted by Gasteiger charge is 2.23. The quantitative estimate of drug-likeness (QED) is 0.547. The Morgan fingerprint density at radius 2 is 1.96 bits per heavy atom. The summed E-state index contributed by atoms with van der Waals surface area (Å²) >= 11 is 0. The number of H-pyrrole nitrogens is 1. The molecular weight excluding hydrogens is 348 g/mol. The van der Waals surface area contributed by atoms with E-state index in [2.05, 4.69) is 20.2 Å². The first-order valence-corrected chi connectivity index (χ1v) is 8.59. The van der Waals surface area contributed by atoms with Gasteiger partial charge in [0.1, 0.15) is 0 Å². The Labute approximate surface area is 154 Å². The number of para-hydroxylation sites is 1. The third-order valence-corrected chi connectivity index (χ3v) is 4.68. The fourth-order valence-corrected chi connectivity index (χ4v) is 3.22. The summed E-state index contributed by atoms with van der Waals surface area (Å²) in [6.45, 7) is 2.40. The topological polar surface area (TPSA) is 107 Å². The molecule has 1 aromatic carbocycles. The lowest BCUT2D eigenvalue weighted by molar-refractivity contribution is -0.389. The maximum absolute atomic E-state index is 12.6. The number of anilines is 2. The molecule has 2 N–H and O–H groups in total. The van der Waals surface area contributed by atoms with Crippen LogP contribution in [0.5, 0.6) is 0 Å². The zero-order valence-electron chi connectivity index (χ0n) is 14.5. The van der Waals surface area contributed by atoms with Gasteiger partial charge in [-0.1, -0.05) is 12.1 Å². The summed E-state index contributed by atoms with van der Waals surface area (Å²) in [5.41, 5.74) is 2.47. The number of benzene rings is 1. The summed E-state index contributed by atoms with van der Waals surface area (Å²) in [4.78, 5) is 33.6. The lowest BCUT2D eigenvalue weighted by Crippen LogP contribution is -2.50. The number of pyridine rings is 1. The van der Waals surface area contributed by atoms with Crippen LogP contribution in [0.2, 0.25) is 0 Å². The van der Waals surface area contributed by atoms with E-state index in [1.165, 1.54) is 12.3 Å². The lowest BCUT2D eigenvalue weighted by atomic mass is 10.2.